The highest BCUT2D eigenvalue weighted by Crippen LogP contribution is 2.28. The van der Waals surface area contributed by atoms with Gasteiger partial charge in [-0.15, -0.1) is 0 Å². The minimum absolute atomic E-state index is 0.120. The molecule has 2 amide bonds. The van der Waals surface area contributed by atoms with Gasteiger partial charge >= 0.3 is 5.76 Å². The molecular formula is C22H25N3O6. The minimum Gasteiger partial charge on any atom is -0.493 e. The summed E-state index contributed by atoms with van der Waals surface area (Å²) in [6, 6.07) is 11.4. The maximum absolute atomic E-state index is 12.7. The number of benzene rings is 2. The molecule has 31 heavy (non-hydrogen) atoms. The summed E-state index contributed by atoms with van der Waals surface area (Å²) in [7, 11) is 1.50. The molecule has 3 aromatic rings. The average Bonchev–Trinajstić information content (AvgIpc) is 3.11. The fourth-order valence-electron chi connectivity index (χ4n) is 3.14. The molecule has 2 aromatic carbocycles. The molecule has 0 saturated carbocycles. The van der Waals surface area contributed by atoms with Crippen molar-refractivity contribution in [1.82, 2.24) is 15.2 Å². The Morgan fingerprint density at radius 3 is 2.65 bits per heavy atom. The Morgan fingerprint density at radius 1 is 1.13 bits per heavy atom. The third-order valence-corrected chi connectivity index (χ3v) is 4.71. The molecule has 1 heterocycles. The molecule has 9 nitrogen and oxygen atoms in total. The van der Waals surface area contributed by atoms with E-state index in [0.29, 0.717) is 29.1 Å². The monoisotopic (exact) mass is 427 g/mol. The number of para-hydroxylation sites is 2. The highest BCUT2D eigenvalue weighted by molar-refractivity contribution is 5.83. The predicted molar refractivity (Wildman–Crippen MR) is 114 cm³/mol. The number of rotatable bonds is 9. The second-order valence-electron chi connectivity index (χ2n) is 6.83. The van der Waals surface area contributed by atoms with Gasteiger partial charge in [-0.05, 0) is 43.7 Å². The third kappa shape index (κ3) is 5.06. The predicted octanol–water partition coefficient (Wildman–Crippen LogP) is 2.00. The molecule has 1 aromatic heterocycles. The van der Waals surface area contributed by atoms with Gasteiger partial charge in [0.1, 0.15) is 6.04 Å². The van der Waals surface area contributed by atoms with Crippen molar-refractivity contribution in [2.24, 2.45) is 0 Å². The fourth-order valence-corrected chi connectivity index (χ4v) is 3.14. The number of carbonyl (C=O) groups excluding carboxylic acids is 2. The van der Waals surface area contributed by atoms with Crippen LogP contribution < -0.4 is 25.9 Å². The van der Waals surface area contributed by atoms with E-state index in [2.05, 4.69) is 10.6 Å². The summed E-state index contributed by atoms with van der Waals surface area (Å²) in [5, 5.41) is 5.47. The number of hydrogen-bond acceptors (Lipinski definition) is 6. The maximum atomic E-state index is 12.7. The van der Waals surface area contributed by atoms with Crippen LogP contribution in [0.1, 0.15) is 25.5 Å². The van der Waals surface area contributed by atoms with E-state index in [-0.39, 0.29) is 25.0 Å². The van der Waals surface area contributed by atoms with Crippen molar-refractivity contribution in [2.45, 2.75) is 26.4 Å². The maximum Gasteiger partial charge on any atom is 0.420 e. The minimum atomic E-state index is -0.752. The quantitative estimate of drug-likeness (QED) is 0.540. The lowest BCUT2D eigenvalue weighted by atomic mass is 10.2. The molecule has 0 aliphatic heterocycles. The molecule has 0 saturated heterocycles. The van der Waals surface area contributed by atoms with E-state index in [4.69, 9.17) is 13.9 Å². The highest BCUT2D eigenvalue weighted by Gasteiger charge is 2.21. The van der Waals surface area contributed by atoms with E-state index in [0.717, 1.165) is 5.56 Å². The van der Waals surface area contributed by atoms with Crippen LogP contribution in [0.3, 0.4) is 0 Å². The lowest BCUT2D eigenvalue weighted by molar-refractivity contribution is -0.124. The first kappa shape index (κ1) is 21.9. The zero-order chi connectivity index (χ0) is 22.4. The van der Waals surface area contributed by atoms with Gasteiger partial charge in [-0.25, -0.2) is 4.79 Å². The van der Waals surface area contributed by atoms with Crippen LogP contribution in [0, 0.1) is 0 Å². The van der Waals surface area contributed by atoms with Crippen LogP contribution in [0.25, 0.3) is 11.1 Å². The van der Waals surface area contributed by atoms with Crippen molar-refractivity contribution in [3.63, 3.8) is 0 Å². The van der Waals surface area contributed by atoms with Crippen molar-refractivity contribution in [1.29, 1.82) is 0 Å². The van der Waals surface area contributed by atoms with Crippen molar-refractivity contribution in [3.8, 4) is 11.5 Å². The first-order chi connectivity index (χ1) is 14.9. The van der Waals surface area contributed by atoms with E-state index in [1.165, 1.54) is 11.7 Å². The second-order valence-corrected chi connectivity index (χ2v) is 6.83. The summed E-state index contributed by atoms with van der Waals surface area (Å²) in [4.78, 5) is 36.4. The standard InChI is InChI=1S/C22H25N3O6/c1-4-23-20(26)13-30-18-10-9-15(11-19(18)29-3)12-24-21(27)14(2)25-16-7-5-6-8-17(16)31-22(25)28/h5-11,14H,4,12-13H2,1-3H3,(H,23,26)(H,24,27). The molecule has 2 N–H and O–H groups in total. The summed E-state index contributed by atoms with van der Waals surface area (Å²) >= 11 is 0. The van der Waals surface area contributed by atoms with Crippen molar-refractivity contribution in [3.05, 3.63) is 58.6 Å². The molecule has 3 rings (SSSR count). The number of nitrogens with zero attached hydrogens (tertiary/aromatic N) is 1. The number of methoxy groups -OCH3 is 1. The first-order valence-corrected chi connectivity index (χ1v) is 9.88. The van der Waals surface area contributed by atoms with Crippen LogP contribution in [0.2, 0.25) is 0 Å². The van der Waals surface area contributed by atoms with Crippen LogP contribution in [0.4, 0.5) is 0 Å². The van der Waals surface area contributed by atoms with Gasteiger partial charge in [0.15, 0.2) is 23.7 Å². The van der Waals surface area contributed by atoms with Crippen LogP contribution >= 0.6 is 0 Å². The Morgan fingerprint density at radius 2 is 1.90 bits per heavy atom. The van der Waals surface area contributed by atoms with E-state index in [9.17, 15) is 14.4 Å². The molecule has 0 aliphatic rings. The Bertz CT molecular complexity index is 1130. The number of aromatic nitrogens is 1. The molecule has 1 atom stereocenters. The number of hydrogen-bond donors (Lipinski definition) is 2. The Hall–Kier alpha value is -3.75. The zero-order valence-corrected chi connectivity index (χ0v) is 17.6. The zero-order valence-electron chi connectivity index (χ0n) is 17.6. The Balaban J connectivity index is 1.66. The van der Waals surface area contributed by atoms with Gasteiger partial charge in [-0.1, -0.05) is 18.2 Å². The third-order valence-electron chi connectivity index (χ3n) is 4.71. The van der Waals surface area contributed by atoms with Crippen LogP contribution in [0.15, 0.2) is 51.7 Å². The van der Waals surface area contributed by atoms with E-state index in [1.54, 1.807) is 49.4 Å². The average molecular weight is 427 g/mol. The molecule has 0 radical (unpaired) electrons. The molecular weight excluding hydrogens is 402 g/mol. The van der Waals surface area contributed by atoms with Gasteiger partial charge in [-0.3, -0.25) is 14.2 Å². The topological polar surface area (TPSA) is 112 Å². The number of carbonyl (C=O) groups is 2. The van der Waals surface area contributed by atoms with Crippen LogP contribution in [-0.2, 0) is 16.1 Å². The molecule has 0 aliphatic carbocycles. The fraction of sp³-hybridized carbons (Fsp3) is 0.318. The van der Waals surface area contributed by atoms with E-state index in [1.807, 2.05) is 6.92 Å². The molecule has 0 fully saturated rings. The summed E-state index contributed by atoms with van der Waals surface area (Å²) < 4.78 is 17.3. The lowest BCUT2D eigenvalue weighted by Crippen LogP contribution is -2.34. The Labute approximate surface area is 178 Å². The van der Waals surface area contributed by atoms with E-state index < -0.39 is 11.8 Å². The van der Waals surface area contributed by atoms with Gasteiger partial charge in [0, 0.05) is 13.1 Å². The van der Waals surface area contributed by atoms with Gasteiger partial charge < -0.3 is 24.5 Å². The number of oxazole rings is 1. The summed E-state index contributed by atoms with van der Waals surface area (Å²) in [5.41, 5.74) is 1.76. The largest absolute Gasteiger partial charge is 0.493 e. The van der Waals surface area contributed by atoms with Crippen molar-refractivity contribution >= 4 is 22.9 Å². The first-order valence-electron chi connectivity index (χ1n) is 9.88. The van der Waals surface area contributed by atoms with E-state index >= 15 is 0 Å². The van der Waals surface area contributed by atoms with Crippen LogP contribution in [-0.4, -0.2) is 36.6 Å². The number of amides is 2. The lowest BCUT2D eigenvalue weighted by Gasteiger charge is -2.15. The summed E-state index contributed by atoms with van der Waals surface area (Å²) in [5.74, 6) is -0.269. The van der Waals surface area contributed by atoms with Crippen molar-refractivity contribution < 1.29 is 23.5 Å². The van der Waals surface area contributed by atoms with Crippen molar-refractivity contribution in [2.75, 3.05) is 20.3 Å². The van der Waals surface area contributed by atoms with Gasteiger partial charge in [-0.2, -0.15) is 0 Å². The molecule has 164 valence electrons. The smallest absolute Gasteiger partial charge is 0.420 e. The number of fused-ring (bicyclic) bond motifs is 1. The molecule has 1 unspecified atom stereocenters. The SMILES string of the molecule is CCNC(=O)COc1ccc(CNC(=O)C(C)n2c(=O)oc3ccccc32)cc1OC. The number of likely N-dealkylation sites (N-methyl/N-ethyl adjacent to an activating group) is 1. The number of ether oxygens (including phenoxy) is 2. The summed E-state index contributed by atoms with van der Waals surface area (Å²) in [6.45, 7) is 4.09. The summed E-state index contributed by atoms with van der Waals surface area (Å²) in [6.07, 6.45) is 0. The van der Waals surface area contributed by atoms with Crippen LogP contribution in [0.5, 0.6) is 11.5 Å². The van der Waals surface area contributed by atoms with Gasteiger partial charge in [0.25, 0.3) is 5.91 Å². The number of nitrogens with one attached hydrogen (secondary N) is 2. The normalized spacial score (nSPS) is 11.7. The molecule has 0 bridgehead atoms. The van der Waals surface area contributed by atoms with Gasteiger partial charge in [0.05, 0.1) is 12.6 Å². The Kier molecular flexibility index (Phi) is 6.96. The molecule has 0 spiro atoms. The van der Waals surface area contributed by atoms with Gasteiger partial charge in [0.2, 0.25) is 5.91 Å². The highest BCUT2D eigenvalue weighted by atomic mass is 16.5. The second kappa shape index (κ2) is 9.84. The molecule has 9 heteroatoms.